The highest BCUT2D eigenvalue weighted by Gasteiger charge is 2.41. The molecule has 3 N–H and O–H groups in total. The number of aliphatic hydroxyl groups is 1. The summed E-state index contributed by atoms with van der Waals surface area (Å²) in [6.07, 6.45) is 2.28. The zero-order valence-electron chi connectivity index (χ0n) is 16.1. The van der Waals surface area contributed by atoms with Gasteiger partial charge >= 0.3 is 5.97 Å². The molecule has 1 aromatic carbocycles. The third-order valence-corrected chi connectivity index (χ3v) is 5.45. The van der Waals surface area contributed by atoms with Crippen molar-refractivity contribution in [3.05, 3.63) is 77.8 Å². The zero-order chi connectivity index (χ0) is 21.1. The molecule has 30 heavy (non-hydrogen) atoms. The van der Waals surface area contributed by atoms with Crippen molar-refractivity contribution in [3.63, 3.8) is 0 Å². The van der Waals surface area contributed by atoms with E-state index in [9.17, 15) is 15.0 Å². The predicted molar refractivity (Wildman–Crippen MR) is 115 cm³/mol. The predicted octanol–water partition coefficient (Wildman–Crippen LogP) is 3.39. The van der Waals surface area contributed by atoms with Crippen LogP contribution >= 0.6 is 12.2 Å². The number of pyridine rings is 1. The Morgan fingerprint density at radius 2 is 1.97 bits per heavy atom. The molecule has 2 aromatic heterocycles. The van der Waals surface area contributed by atoms with E-state index in [4.69, 9.17) is 16.6 Å². The maximum Gasteiger partial charge on any atom is 0.336 e. The number of thiocarbonyl (C=S) groups is 1. The molecule has 0 bridgehead atoms. The Labute approximate surface area is 179 Å². The van der Waals surface area contributed by atoms with Gasteiger partial charge in [-0.15, -0.1) is 0 Å². The van der Waals surface area contributed by atoms with E-state index in [-0.39, 0.29) is 24.3 Å². The lowest BCUT2D eigenvalue weighted by atomic mass is 10.0. The maximum atomic E-state index is 11.6. The minimum atomic E-state index is -1.01. The number of carboxylic acid groups (broad SMARTS) is 1. The molecule has 3 heterocycles. The molecular weight excluding hydrogens is 402 g/mol. The molecule has 3 aromatic rings. The first-order valence-corrected chi connectivity index (χ1v) is 10.0. The third kappa shape index (κ3) is 3.79. The van der Waals surface area contributed by atoms with Gasteiger partial charge in [0.15, 0.2) is 5.11 Å². The standard InChI is InChI=1S/C22H21N3O4S/c26-13-5-12-25-20(19(24-22(25)30)16-8-3-4-11-23-16)18-10-9-17(29-18)14-6-1-2-7-15(14)21(27)28/h1-4,6-11,19-20,26H,5,12-13H2,(H,24,30)(H,27,28)/t19-,20+/m1/s1. The molecule has 8 heteroatoms. The summed E-state index contributed by atoms with van der Waals surface area (Å²) in [5, 5.41) is 22.7. The Bertz CT molecular complexity index is 1050. The number of benzene rings is 1. The number of hydrogen-bond donors (Lipinski definition) is 3. The Morgan fingerprint density at radius 3 is 2.70 bits per heavy atom. The lowest BCUT2D eigenvalue weighted by Crippen LogP contribution is -2.30. The van der Waals surface area contributed by atoms with Gasteiger partial charge in [0.2, 0.25) is 0 Å². The first-order valence-electron chi connectivity index (χ1n) is 9.61. The molecular formula is C22H21N3O4S. The number of aliphatic hydroxyl groups excluding tert-OH is 1. The number of hydrogen-bond acceptors (Lipinski definition) is 5. The molecule has 0 unspecified atom stereocenters. The maximum absolute atomic E-state index is 11.6. The highest BCUT2D eigenvalue weighted by atomic mass is 32.1. The fourth-order valence-electron chi connectivity index (χ4n) is 3.74. The first-order chi connectivity index (χ1) is 14.6. The molecule has 0 spiro atoms. The van der Waals surface area contributed by atoms with Crippen molar-refractivity contribution in [1.29, 1.82) is 0 Å². The Balaban J connectivity index is 1.74. The Kier molecular flexibility index (Phi) is 5.78. The minimum Gasteiger partial charge on any atom is -0.478 e. The molecule has 0 radical (unpaired) electrons. The second-order valence-corrected chi connectivity index (χ2v) is 7.34. The Morgan fingerprint density at radius 1 is 1.17 bits per heavy atom. The number of carboxylic acids is 1. The van der Waals surface area contributed by atoms with Gasteiger partial charge in [-0.2, -0.15) is 0 Å². The second kappa shape index (κ2) is 8.64. The molecule has 1 saturated heterocycles. The molecule has 7 nitrogen and oxygen atoms in total. The summed E-state index contributed by atoms with van der Waals surface area (Å²) >= 11 is 5.55. The van der Waals surface area contributed by atoms with E-state index in [0.717, 1.165) is 5.69 Å². The summed E-state index contributed by atoms with van der Waals surface area (Å²) in [6.45, 7) is 0.605. The molecule has 2 atom stereocenters. The average Bonchev–Trinajstić information content (AvgIpc) is 3.37. The van der Waals surface area contributed by atoms with E-state index in [1.54, 1.807) is 36.5 Å². The van der Waals surface area contributed by atoms with Gasteiger partial charge in [0.05, 0.1) is 17.3 Å². The van der Waals surface area contributed by atoms with Crippen LogP contribution in [0, 0.1) is 0 Å². The van der Waals surface area contributed by atoms with Crippen molar-refractivity contribution in [2.45, 2.75) is 18.5 Å². The largest absolute Gasteiger partial charge is 0.478 e. The van der Waals surface area contributed by atoms with Crippen molar-refractivity contribution in [2.75, 3.05) is 13.2 Å². The van der Waals surface area contributed by atoms with Crippen molar-refractivity contribution in [1.82, 2.24) is 15.2 Å². The lowest BCUT2D eigenvalue weighted by Gasteiger charge is -2.25. The number of rotatable bonds is 7. The first kappa shape index (κ1) is 20.1. The van der Waals surface area contributed by atoms with Gasteiger partial charge in [0.25, 0.3) is 0 Å². The van der Waals surface area contributed by atoms with Gasteiger partial charge in [0.1, 0.15) is 17.6 Å². The molecule has 1 aliphatic rings. The summed E-state index contributed by atoms with van der Waals surface area (Å²) < 4.78 is 6.16. The van der Waals surface area contributed by atoms with Crippen LogP contribution in [0.5, 0.6) is 0 Å². The topological polar surface area (TPSA) is 98.8 Å². The fourth-order valence-corrected chi connectivity index (χ4v) is 4.07. The number of aromatic carboxylic acids is 1. The van der Waals surface area contributed by atoms with E-state index < -0.39 is 5.97 Å². The summed E-state index contributed by atoms with van der Waals surface area (Å²) in [4.78, 5) is 18.1. The normalized spacial score (nSPS) is 18.4. The quantitative estimate of drug-likeness (QED) is 0.498. The molecule has 1 aliphatic heterocycles. The summed E-state index contributed by atoms with van der Waals surface area (Å²) in [7, 11) is 0. The summed E-state index contributed by atoms with van der Waals surface area (Å²) in [5.41, 5.74) is 1.51. The van der Waals surface area contributed by atoms with Gasteiger partial charge in [-0.05, 0) is 49.0 Å². The molecule has 154 valence electrons. The minimum absolute atomic E-state index is 0.0511. The average molecular weight is 423 g/mol. The SMILES string of the molecule is O=C(O)c1ccccc1-c1ccc([C@H]2[C@@H](c3ccccn3)NC(=S)N2CCCO)o1. The van der Waals surface area contributed by atoms with Crippen LogP contribution in [0.4, 0.5) is 0 Å². The van der Waals surface area contributed by atoms with Crippen LogP contribution < -0.4 is 5.32 Å². The van der Waals surface area contributed by atoms with Gasteiger partial charge in [-0.1, -0.05) is 24.3 Å². The molecule has 0 amide bonds. The molecule has 0 saturated carbocycles. The lowest BCUT2D eigenvalue weighted by molar-refractivity contribution is 0.0697. The van der Waals surface area contributed by atoms with Crippen molar-refractivity contribution < 1.29 is 19.4 Å². The highest BCUT2D eigenvalue weighted by molar-refractivity contribution is 7.80. The van der Waals surface area contributed by atoms with Gasteiger partial charge in [-0.3, -0.25) is 4.98 Å². The number of aromatic nitrogens is 1. The van der Waals surface area contributed by atoms with Crippen molar-refractivity contribution in [2.24, 2.45) is 0 Å². The van der Waals surface area contributed by atoms with Crippen LogP contribution in [0.25, 0.3) is 11.3 Å². The van der Waals surface area contributed by atoms with E-state index >= 15 is 0 Å². The van der Waals surface area contributed by atoms with Crippen LogP contribution in [0.1, 0.15) is 40.3 Å². The number of carbonyl (C=O) groups is 1. The Hall–Kier alpha value is -3.23. The van der Waals surface area contributed by atoms with Gasteiger partial charge < -0.3 is 24.8 Å². The monoisotopic (exact) mass is 423 g/mol. The molecule has 4 rings (SSSR count). The van der Waals surface area contributed by atoms with E-state index in [1.807, 2.05) is 29.2 Å². The summed E-state index contributed by atoms with van der Waals surface area (Å²) in [6, 6.07) is 15.5. The fraction of sp³-hybridized carbons (Fsp3) is 0.227. The zero-order valence-corrected chi connectivity index (χ0v) is 16.9. The number of nitrogens with zero attached hydrogens (tertiary/aromatic N) is 2. The van der Waals surface area contributed by atoms with Crippen LogP contribution in [-0.4, -0.2) is 44.3 Å². The van der Waals surface area contributed by atoms with Crippen molar-refractivity contribution in [3.8, 4) is 11.3 Å². The summed E-state index contributed by atoms with van der Waals surface area (Å²) in [5.74, 6) is 0.108. The van der Waals surface area contributed by atoms with Crippen LogP contribution in [0.2, 0.25) is 0 Å². The second-order valence-electron chi connectivity index (χ2n) is 6.95. The number of nitrogens with one attached hydrogen (secondary N) is 1. The molecule has 1 fully saturated rings. The van der Waals surface area contributed by atoms with E-state index in [2.05, 4.69) is 10.3 Å². The molecule has 0 aliphatic carbocycles. The van der Waals surface area contributed by atoms with Gasteiger partial charge in [0, 0.05) is 24.9 Å². The number of furan rings is 1. The van der Waals surface area contributed by atoms with Crippen LogP contribution in [0.3, 0.4) is 0 Å². The van der Waals surface area contributed by atoms with E-state index in [1.165, 1.54) is 0 Å². The van der Waals surface area contributed by atoms with Crippen LogP contribution in [-0.2, 0) is 0 Å². The van der Waals surface area contributed by atoms with E-state index in [0.29, 0.717) is 35.2 Å². The smallest absolute Gasteiger partial charge is 0.336 e. The van der Waals surface area contributed by atoms with Crippen molar-refractivity contribution >= 4 is 23.3 Å². The van der Waals surface area contributed by atoms with Gasteiger partial charge in [-0.25, -0.2) is 4.79 Å². The highest BCUT2D eigenvalue weighted by Crippen LogP contribution is 2.40. The van der Waals surface area contributed by atoms with Crippen LogP contribution in [0.15, 0.2) is 65.2 Å². The third-order valence-electron chi connectivity index (χ3n) is 5.10.